The molecule has 1 fully saturated rings. The molecule has 1 aliphatic heterocycles. The summed E-state index contributed by atoms with van der Waals surface area (Å²) in [5.41, 5.74) is -0.119. The van der Waals surface area contributed by atoms with Gasteiger partial charge in [-0.2, -0.15) is 4.98 Å². The van der Waals surface area contributed by atoms with Crippen LogP contribution in [0.5, 0.6) is 0 Å². The van der Waals surface area contributed by atoms with Crippen molar-refractivity contribution < 1.29 is 15.1 Å². The van der Waals surface area contributed by atoms with Gasteiger partial charge in [0.05, 0.1) is 17.1 Å². The Labute approximate surface area is 107 Å². The van der Waals surface area contributed by atoms with Crippen molar-refractivity contribution in [1.29, 1.82) is 0 Å². The minimum absolute atomic E-state index is 0.0214. The van der Waals surface area contributed by atoms with E-state index in [9.17, 15) is 20.3 Å². The predicted octanol–water partition coefficient (Wildman–Crippen LogP) is -0.112. The van der Waals surface area contributed by atoms with Gasteiger partial charge < -0.3 is 15.1 Å². The number of aromatic nitrogens is 2. The highest BCUT2D eigenvalue weighted by atomic mass is 35.5. The molecule has 0 spiro atoms. The number of halogens is 1. The Balaban J connectivity index is 2.47. The van der Waals surface area contributed by atoms with Crippen LogP contribution in [-0.4, -0.2) is 50.4 Å². The topological polar surface area (TPSA) is 113 Å². The van der Waals surface area contributed by atoms with Crippen molar-refractivity contribution in [3.05, 3.63) is 21.1 Å². The van der Waals surface area contributed by atoms with E-state index in [0.717, 1.165) is 0 Å². The zero-order valence-electron chi connectivity index (χ0n) is 9.45. The van der Waals surface area contributed by atoms with Gasteiger partial charge in [-0.25, -0.2) is 4.98 Å². The maximum Gasteiger partial charge on any atom is 0.332 e. The van der Waals surface area contributed by atoms with Gasteiger partial charge in [0.2, 0.25) is 11.1 Å². The number of nitro groups is 1. The molecule has 9 heteroatoms. The Bertz CT molecular complexity index is 488. The van der Waals surface area contributed by atoms with Gasteiger partial charge >= 0.3 is 5.69 Å². The summed E-state index contributed by atoms with van der Waals surface area (Å²) in [6, 6.07) is 0. The predicted molar refractivity (Wildman–Crippen MR) is 62.7 cm³/mol. The molecule has 18 heavy (non-hydrogen) atoms. The summed E-state index contributed by atoms with van der Waals surface area (Å²) >= 11 is 5.68. The largest absolute Gasteiger partial charge is 0.389 e. The second kappa shape index (κ2) is 4.63. The molecule has 0 aromatic carbocycles. The summed E-state index contributed by atoms with van der Waals surface area (Å²) in [5.74, 6) is 0.0214. The van der Waals surface area contributed by atoms with Crippen LogP contribution in [0.3, 0.4) is 0 Å². The molecule has 0 amide bonds. The highest BCUT2D eigenvalue weighted by Crippen LogP contribution is 2.31. The molecule has 98 valence electrons. The highest BCUT2D eigenvalue weighted by molar-refractivity contribution is 6.28. The van der Waals surface area contributed by atoms with Crippen LogP contribution in [0, 0.1) is 17.0 Å². The van der Waals surface area contributed by atoms with Crippen molar-refractivity contribution in [2.24, 2.45) is 0 Å². The maximum atomic E-state index is 11.0. The number of hydrogen-bond acceptors (Lipinski definition) is 7. The van der Waals surface area contributed by atoms with Crippen LogP contribution < -0.4 is 4.90 Å². The Hall–Kier alpha value is -1.51. The van der Waals surface area contributed by atoms with Crippen LogP contribution in [0.25, 0.3) is 0 Å². The summed E-state index contributed by atoms with van der Waals surface area (Å²) < 4.78 is 0. The molecule has 1 aromatic heterocycles. The van der Waals surface area contributed by atoms with Crippen LogP contribution in [-0.2, 0) is 0 Å². The van der Waals surface area contributed by atoms with Crippen molar-refractivity contribution in [2.45, 2.75) is 19.1 Å². The van der Waals surface area contributed by atoms with E-state index in [0.29, 0.717) is 0 Å². The minimum atomic E-state index is -0.960. The maximum absolute atomic E-state index is 11.0. The molecule has 0 radical (unpaired) electrons. The lowest BCUT2D eigenvalue weighted by molar-refractivity contribution is -0.385. The van der Waals surface area contributed by atoms with Gasteiger partial charge in [-0.1, -0.05) is 0 Å². The molecule has 2 rings (SSSR count). The van der Waals surface area contributed by atoms with E-state index in [1.54, 1.807) is 0 Å². The van der Waals surface area contributed by atoms with Gasteiger partial charge in [0.1, 0.15) is 5.69 Å². The normalized spacial score (nSPS) is 23.4. The number of hydrogen-bond donors (Lipinski definition) is 2. The summed E-state index contributed by atoms with van der Waals surface area (Å²) in [5, 5.41) is 29.8. The van der Waals surface area contributed by atoms with Crippen molar-refractivity contribution in [1.82, 2.24) is 9.97 Å². The molecular weight excluding hydrogens is 264 g/mol. The van der Waals surface area contributed by atoms with Gasteiger partial charge in [0.15, 0.2) is 0 Å². The van der Waals surface area contributed by atoms with Crippen LogP contribution in [0.4, 0.5) is 11.5 Å². The molecule has 1 saturated heterocycles. The first-order valence-electron chi connectivity index (χ1n) is 5.19. The zero-order valence-corrected chi connectivity index (χ0v) is 10.2. The van der Waals surface area contributed by atoms with Gasteiger partial charge in [-0.3, -0.25) is 10.1 Å². The molecule has 1 aliphatic rings. The van der Waals surface area contributed by atoms with Crippen molar-refractivity contribution >= 4 is 23.1 Å². The molecule has 2 atom stereocenters. The summed E-state index contributed by atoms with van der Waals surface area (Å²) in [6.45, 7) is 1.59. The monoisotopic (exact) mass is 274 g/mol. The first-order chi connectivity index (χ1) is 8.40. The van der Waals surface area contributed by atoms with Crippen LogP contribution in [0.15, 0.2) is 0 Å². The highest BCUT2D eigenvalue weighted by Gasteiger charge is 2.35. The molecule has 0 saturated carbocycles. The van der Waals surface area contributed by atoms with E-state index < -0.39 is 17.1 Å². The fourth-order valence-corrected chi connectivity index (χ4v) is 2.10. The summed E-state index contributed by atoms with van der Waals surface area (Å²) in [6.07, 6.45) is -1.92. The minimum Gasteiger partial charge on any atom is -0.389 e. The van der Waals surface area contributed by atoms with E-state index in [1.807, 2.05) is 0 Å². The number of nitrogens with zero attached hydrogens (tertiary/aromatic N) is 4. The number of β-amino-alcohol motifs (C(OH)–C–C–N with tert-alkyl or cyclic N) is 2. The molecular formula is C9H11ClN4O4. The number of aliphatic hydroxyl groups excluding tert-OH is 2. The number of anilines is 1. The first kappa shape index (κ1) is 12.9. The van der Waals surface area contributed by atoms with Crippen LogP contribution in [0.1, 0.15) is 5.69 Å². The molecule has 2 N–H and O–H groups in total. The molecule has 0 aliphatic carbocycles. The zero-order chi connectivity index (χ0) is 13.4. The molecule has 0 bridgehead atoms. The number of aryl methyl sites for hydroxylation is 1. The average Bonchev–Trinajstić information content (AvgIpc) is 2.57. The van der Waals surface area contributed by atoms with E-state index in [2.05, 4.69) is 9.97 Å². The third-order valence-corrected chi connectivity index (χ3v) is 2.92. The van der Waals surface area contributed by atoms with Crippen molar-refractivity contribution in [2.75, 3.05) is 18.0 Å². The van der Waals surface area contributed by atoms with Gasteiger partial charge in [0, 0.05) is 13.1 Å². The van der Waals surface area contributed by atoms with E-state index >= 15 is 0 Å². The quantitative estimate of drug-likeness (QED) is 0.439. The lowest BCUT2D eigenvalue weighted by Gasteiger charge is -2.16. The lowest BCUT2D eigenvalue weighted by Crippen LogP contribution is -2.24. The smallest absolute Gasteiger partial charge is 0.332 e. The van der Waals surface area contributed by atoms with Gasteiger partial charge in [0.25, 0.3) is 0 Å². The van der Waals surface area contributed by atoms with Crippen molar-refractivity contribution in [3.8, 4) is 0 Å². The SMILES string of the molecule is Cc1nc(Cl)nc(N2CC(O)C(O)C2)c1[N+](=O)[O-]. The number of rotatable bonds is 2. The van der Waals surface area contributed by atoms with E-state index in [-0.39, 0.29) is 35.6 Å². The lowest BCUT2D eigenvalue weighted by atomic mass is 10.3. The third kappa shape index (κ3) is 2.22. The summed E-state index contributed by atoms with van der Waals surface area (Å²) in [4.78, 5) is 19.4. The molecule has 2 unspecified atom stereocenters. The Kier molecular flexibility index (Phi) is 3.33. The third-order valence-electron chi connectivity index (χ3n) is 2.75. The summed E-state index contributed by atoms with van der Waals surface area (Å²) in [7, 11) is 0. The Morgan fingerprint density at radius 1 is 1.39 bits per heavy atom. The standard InChI is InChI=1S/C9H11ClN4O4/c1-4-7(14(17)18)8(12-9(10)11-4)13-2-5(15)6(16)3-13/h5-6,15-16H,2-3H2,1H3. The second-order valence-electron chi connectivity index (χ2n) is 4.05. The Morgan fingerprint density at radius 2 is 1.94 bits per heavy atom. The van der Waals surface area contributed by atoms with Crippen LogP contribution in [0.2, 0.25) is 5.28 Å². The fourth-order valence-electron chi connectivity index (χ4n) is 1.90. The van der Waals surface area contributed by atoms with Crippen LogP contribution >= 0.6 is 11.6 Å². The second-order valence-corrected chi connectivity index (χ2v) is 4.39. The molecule has 2 heterocycles. The fraction of sp³-hybridized carbons (Fsp3) is 0.556. The Morgan fingerprint density at radius 3 is 2.44 bits per heavy atom. The van der Waals surface area contributed by atoms with Gasteiger partial charge in [-0.15, -0.1) is 0 Å². The van der Waals surface area contributed by atoms with Crippen molar-refractivity contribution in [3.63, 3.8) is 0 Å². The van der Waals surface area contributed by atoms with E-state index in [4.69, 9.17) is 11.6 Å². The number of aliphatic hydroxyl groups is 2. The molecule has 1 aromatic rings. The average molecular weight is 275 g/mol. The first-order valence-corrected chi connectivity index (χ1v) is 5.57. The van der Waals surface area contributed by atoms with E-state index in [1.165, 1.54) is 11.8 Å². The van der Waals surface area contributed by atoms with Gasteiger partial charge in [-0.05, 0) is 18.5 Å². The molecule has 8 nitrogen and oxygen atoms in total.